The Morgan fingerprint density at radius 3 is 0.930 bits per heavy atom. The molecule has 0 saturated heterocycles. The Labute approximate surface area is 257 Å². The van der Waals surface area contributed by atoms with E-state index in [1.807, 2.05) is 0 Å². The van der Waals surface area contributed by atoms with Gasteiger partial charge in [-0.25, -0.2) is 0 Å². The fraction of sp³-hybridized carbons (Fsp3) is 0.118. The molecular weight excluding hydrogens is 591 g/mol. The smallest absolute Gasteiger partial charge is 0.233 e. The van der Waals surface area contributed by atoms with Crippen molar-refractivity contribution in [1.82, 2.24) is 0 Å². The van der Waals surface area contributed by atoms with Crippen molar-refractivity contribution in [2.75, 3.05) is 0 Å². The van der Waals surface area contributed by atoms with E-state index >= 15 is 0 Å². The highest BCUT2D eigenvalue weighted by molar-refractivity contribution is 6.63. The van der Waals surface area contributed by atoms with Crippen molar-refractivity contribution in [3.8, 4) is 11.5 Å². The highest BCUT2D eigenvalue weighted by Crippen LogP contribution is 2.23. The molecule has 0 spiro atoms. The van der Waals surface area contributed by atoms with Crippen molar-refractivity contribution in [2.45, 2.75) is 25.7 Å². The molecule has 0 atom stereocenters. The van der Waals surface area contributed by atoms with Gasteiger partial charge in [0.1, 0.15) is 11.5 Å². The molecule has 4 rings (SSSR count). The van der Waals surface area contributed by atoms with Crippen LogP contribution in [0.15, 0.2) is 97.1 Å². The van der Waals surface area contributed by atoms with E-state index in [0.29, 0.717) is 24.3 Å². The number of Topliss-reactive ketones (excluding diaryl/α,β-unsaturated/α-hetero) is 4. The van der Waals surface area contributed by atoms with Crippen molar-refractivity contribution in [2.24, 2.45) is 0 Å². The average Bonchev–Trinajstić information content (AvgIpc) is 3.02. The van der Waals surface area contributed by atoms with Crippen LogP contribution < -0.4 is 4.74 Å². The Kier molecular flexibility index (Phi) is 10.5. The van der Waals surface area contributed by atoms with E-state index in [9.17, 15) is 28.8 Å². The van der Waals surface area contributed by atoms with Gasteiger partial charge in [0.2, 0.25) is 33.6 Å². The van der Waals surface area contributed by atoms with Crippen molar-refractivity contribution in [3.05, 3.63) is 130 Å². The highest BCUT2D eigenvalue weighted by Gasteiger charge is 2.20. The molecule has 216 valence electrons. The normalized spacial score (nSPS) is 10.6. The van der Waals surface area contributed by atoms with Gasteiger partial charge in [-0.15, -0.1) is 0 Å². The molecule has 7 nitrogen and oxygen atoms in total. The van der Waals surface area contributed by atoms with Crippen LogP contribution in [0.3, 0.4) is 0 Å². The lowest BCUT2D eigenvalue weighted by atomic mass is 9.99. The Morgan fingerprint density at radius 2 is 0.674 bits per heavy atom. The van der Waals surface area contributed by atoms with Crippen molar-refractivity contribution in [1.29, 1.82) is 0 Å². The van der Waals surface area contributed by atoms with Crippen LogP contribution in [0.25, 0.3) is 0 Å². The topological polar surface area (TPSA) is 112 Å². The molecule has 0 aliphatic carbocycles. The lowest BCUT2D eigenvalue weighted by molar-refractivity contribution is -0.112. The zero-order valence-electron chi connectivity index (χ0n) is 22.7. The number of rotatable bonds is 14. The maximum Gasteiger partial charge on any atom is 0.233 e. The maximum absolute atomic E-state index is 12.7. The molecule has 0 aromatic heterocycles. The molecule has 0 fully saturated rings. The number of carbonyl (C=O) groups excluding carboxylic acids is 6. The number of ether oxygens (including phenoxy) is 1. The summed E-state index contributed by atoms with van der Waals surface area (Å²) >= 11 is 10.7. The lowest BCUT2D eigenvalue weighted by Gasteiger charge is -2.08. The summed E-state index contributed by atoms with van der Waals surface area (Å²) in [4.78, 5) is 72.6. The van der Waals surface area contributed by atoms with Crippen LogP contribution in [0.1, 0.15) is 65.4 Å². The highest BCUT2D eigenvalue weighted by atomic mass is 35.5. The van der Waals surface area contributed by atoms with Crippen molar-refractivity contribution >= 4 is 56.8 Å². The quantitative estimate of drug-likeness (QED) is 0.0853. The molecule has 0 heterocycles. The van der Waals surface area contributed by atoms with Gasteiger partial charge in [-0.2, -0.15) is 0 Å². The summed E-state index contributed by atoms with van der Waals surface area (Å²) in [6.07, 6.45) is 1.25. The predicted octanol–water partition coefficient (Wildman–Crippen LogP) is 7.01. The van der Waals surface area contributed by atoms with Gasteiger partial charge >= 0.3 is 0 Å². The molecule has 43 heavy (non-hydrogen) atoms. The monoisotopic (exact) mass is 614 g/mol. The standard InChI is InChI=1S/C34H24Cl2O7/c35-29(37)19-5-21-1-7-23(8-2-21)31(39)33(41)25-11-15-27(16-12-25)43-28-17-13-26(14-18-28)34(42)32(40)24-9-3-22(4-10-24)6-20-30(36)38/h1-4,7-18H,5-6,19-20H2. The second kappa shape index (κ2) is 14.4. The zero-order valence-corrected chi connectivity index (χ0v) is 24.2. The van der Waals surface area contributed by atoms with Gasteiger partial charge < -0.3 is 4.74 Å². The fourth-order valence-corrected chi connectivity index (χ4v) is 4.33. The van der Waals surface area contributed by atoms with Gasteiger partial charge in [0, 0.05) is 35.1 Å². The fourth-order valence-electron chi connectivity index (χ4n) is 4.14. The van der Waals surface area contributed by atoms with Gasteiger partial charge in [-0.3, -0.25) is 28.8 Å². The van der Waals surface area contributed by atoms with Crippen molar-refractivity contribution in [3.63, 3.8) is 0 Å². The Balaban J connectivity index is 1.33. The van der Waals surface area contributed by atoms with Crippen molar-refractivity contribution < 1.29 is 33.5 Å². The van der Waals surface area contributed by atoms with Crippen LogP contribution in [0.2, 0.25) is 0 Å². The van der Waals surface area contributed by atoms with E-state index in [1.165, 1.54) is 48.5 Å². The number of hydrogen-bond acceptors (Lipinski definition) is 7. The van der Waals surface area contributed by atoms with Crippen LogP contribution in [0, 0.1) is 0 Å². The van der Waals surface area contributed by atoms with E-state index in [1.54, 1.807) is 48.5 Å². The van der Waals surface area contributed by atoms with Crippen LogP contribution in [-0.4, -0.2) is 33.6 Å². The molecule has 0 aliphatic rings. The molecule has 0 radical (unpaired) electrons. The molecule has 4 aromatic rings. The maximum atomic E-state index is 12.7. The van der Waals surface area contributed by atoms with Crippen LogP contribution in [0.5, 0.6) is 11.5 Å². The molecule has 4 aromatic carbocycles. The van der Waals surface area contributed by atoms with E-state index < -0.39 is 33.6 Å². The molecule has 9 heteroatoms. The number of carbonyl (C=O) groups is 6. The summed E-state index contributed by atoms with van der Waals surface area (Å²) in [5.74, 6) is -1.89. The first-order valence-electron chi connectivity index (χ1n) is 13.2. The van der Waals surface area contributed by atoms with Crippen LogP contribution >= 0.6 is 23.2 Å². The lowest BCUT2D eigenvalue weighted by Crippen LogP contribution is -2.14. The SMILES string of the molecule is O=C(Cl)CCc1ccc(C(=O)C(=O)c2ccc(Oc3ccc(C(=O)C(=O)c4ccc(CCC(=O)Cl)cc4)cc3)cc2)cc1. The average molecular weight is 615 g/mol. The third-order valence-electron chi connectivity index (χ3n) is 6.53. The first-order valence-corrected chi connectivity index (χ1v) is 14.0. The summed E-state index contributed by atoms with van der Waals surface area (Å²) in [5.41, 5.74) is 2.50. The number of benzene rings is 4. The van der Waals surface area contributed by atoms with E-state index in [0.717, 1.165) is 11.1 Å². The van der Waals surface area contributed by atoms with E-state index in [-0.39, 0.29) is 35.1 Å². The van der Waals surface area contributed by atoms with E-state index in [2.05, 4.69) is 0 Å². The number of halogens is 2. The third-order valence-corrected chi connectivity index (χ3v) is 6.91. The number of ketones is 4. The van der Waals surface area contributed by atoms with Gasteiger partial charge in [0.15, 0.2) is 0 Å². The zero-order chi connectivity index (χ0) is 30.9. The summed E-state index contributed by atoms with van der Waals surface area (Å²) in [6, 6.07) is 25.0. The third kappa shape index (κ3) is 8.64. The van der Waals surface area contributed by atoms with Gasteiger partial charge in [0.05, 0.1) is 0 Å². The predicted molar refractivity (Wildman–Crippen MR) is 162 cm³/mol. The minimum atomic E-state index is -0.678. The van der Waals surface area contributed by atoms with Gasteiger partial charge in [-0.1, -0.05) is 48.5 Å². The second-order valence-electron chi connectivity index (χ2n) is 9.57. The second-order valence-corrected chi connectivity index (χ2v) is 10.4. The number of hydrogen-bond donors (Lipinski definition) is 0. The summed E-state index contributed by atoms with van der Waals surface area (Å²) < 4.78 is 5.78. The molecule has 0 amide bonds. The molecule has 0 aliphatic heterocycles. The first kappa shape index (κ1) is 31.2. The minimum Gasteiger partial charge on any atom is -0.457 e. The molecule has 0 unspecified atom stereocenters. The summed E-state index contributed by atoms with van der Waals surface area (Å²) in [6.45, 7) is 0. The first-order chi connectivity index (χ1) is 20.6. The van der Waals surface area contributed by atoms with Gasteiger partial charge in [0.25, 0.3) is 0 Å². The van der Waals surface area contributed by atoms with Crippen LogP contribution in [0.4, 0.5) is 0 Å². The van der Waals surface area contributed by atoms with Gasteiger partial charge in [-0.05, 0) is 95.7 Å². The summed E-state index contributed by atoms with van der Waals surface area (Å²) in [5, 5.41) is -0.888. The number of aryl methyl sites for hydroxylation is 2. The Hall–Kier alpha value is -4.72. The molecule has 0 saturated carbocycles. The minimum absolute atomic E-state index is 0.182. The Bertz CT molecular complexity index is 1550. The van der Waals surface area contributed by atoms with E-state index in [4.69, 9.17) is 27.9 Å². The molecule has 0 N–H and O–H groups in total. The summed E-state index contributed by atoms with van der Waals surface area (Å²) in [7, 11) is 0. The molecular formula is C34H24Cl2O7. The van der Waals surface area contributed by atoms with Crippen LogP contribution in [-0.2, 0) is 22.4 Å². The Morgan fingerprint density at radius 1 is 0.419 bits per heavy atom. The largest absolute Gasteiger partial charge is 0.457 e. The molecule has 0 bridgehead atoms.